The molecule has 0 radical (unpaired) electrons. The van der Waals surface area contributed by atoms with Gasteiger partial charge in [0.1, 0.15) is 0 Å². The Balaban J connectivity index is 2.00. The molecule has 0 aromatic heterocycles. The lowest BCUT2D eigenvalue weighted by Crippen LogP contribution is -2.58. The highest BCUT2D eigenvalue weighted by molar-refractivity contribution is 4.95. The Morgan fingerprint density at radius 3 is 2.58 bits per heavy atom. The first-order valence-corrected chi connectivity index (χ1v) is 7.15. The third-order valence-corrected chi connectivity index (χ3v) is 3.79. The Kier molecular flexibility index (Phi) is 5.09. The second-order valence-electron chi connectivity index (χ2n) is 5.51. The number of ether oxygens (including phenoxy) is 1. The molecule has 2 atom stereocenters. The third kappa shape index (κ3) is 4.61. The quantitative estimate of drug-likeness (QED) is 0.807. The summed E-state index contributed by atoms with van der Waals surface area (Å²) in [5, 5.41) is 3.38. The molecule has 2 fully saturated rings. The monoisotopic (exact) mass is 280 g/mol. The van der Waals surface area contributed by atoms with E-state index in [9.17, 15) is 13.2 Å². The summed E-state index contributed by atoms with van der Waals surface area (Å²) in [6.45, 7) is 3.16. The smallest absolute Gasteiger partial charge is 0.380 e. The molecule has 0 bridgehead atoms. The average Bonchev–Trinajstić information content (AvgIpc) is 3.17. The molecule has 1 heterocycles. The summed E-state index contributed by atoms with van der Waals surface area (Å²) in [5.74, 6) is 0. The zero-order valence-corrected chi connectivity index (χ0v) is 11.4. The van der Waals surface area contributed by atoms with Crippen LogP contribution in [0.25, 0.3) is 0 Å². The van der Waals surface area contributed by atoms with Gasteiger partial charge in [-0.15, -0.1) is 0 Å². The number of hydrogen-bond donors (Lipinski definition) is 1. The Morgan fingerprint density at radius 1 is 1.26 bits per heavy atom. The van der Waals surface area contributed by atoms with Gasteiger partial charge in [-0.1, -0.05) is 6.92 Å². The molecule has 0 aromatic carbocycles. The molecule has 112 valence electrons. The summed E-state index contributed by atoms with van der Waals surface area (Å²) in [4.78, 5) is 1.62. The van der Waals surface area contributed by atoms with Crippen LogP contribution in [0.3, 0.4) is 0 Å². The minimum atomic E-state index is -4.13. The fourth-order valence-corrected chi connectivity index (χ4v) is 2.75. The van der Waals surface area contributed by atoms with E-state index in [4.69, 9.17) is 4.74 Å². The van der Waals surface area contributed by atoms with Crippen molar-refractivity contribution in [3.8, 4) is 0 Å². The molecule has 0 aromatic rings. The molecule has 0 spiro atoms. The zero-order chi connectivity index (χ0) is 13.9. The maximum atomic E-state index is 12.7. The molecule has 1 saturated carbocycles. The van der Waals surface area contributed by atoms with Gasteiger partial charge < -0.3 is 10.1 Å². The van der Waals surface area contributed by atoms with Gasteiger partial charge in [0.05, 0.1) is 13.2 Å². The van der Waals surface area contributed by atoms with Gasteiger partial charge in [-0.25, -0.2) is 0 Å². The Labute approximate surface area is 112 Å². The maximum absolute atomic E-state index is 12.7. The SMILES string of the molecule is CCCNC1CCOCC1N(CC(F)(F)F)C1CC1. The molecule has 1 N–H and O–H groups in total. The molecule has 2 aliphatic rings. The van der Waals surface area contributed by atoms with Gasteiger partial charge in [0.2, 0.25) is 0 Å². The molecular weight excluding hydrogens is 257 g/mol. The molecule has 0 amide bonds. The summed E-state index contributed by atoms with van der Waals surface area (Å²) in [5.41, 5.74) is 0. The van der Waals surface area contributed by atoms with E-state index in [2.05, 4.69) is 12.2 Å². The van der Waals surface area contributed by atoms with Crippen molar-refractivity contribution in [1.29, 1.82) is 0 Å². The average molecular weight is 280 g/mol. The van der Waals surface area contributed by atoms with Gasteiger partial charge in [0.25, 0.3) is 0 Å². The van der Waals surface area contributed by atoms with E-state index in [1.807, 2.05) is 0 Å². The highest BCUT2D eigenvalue weighted by Crippen LogP contribution is 2.33. The summed E-state index contributed by atoms with van der Waals surface area (Å²) >= 11 is 0. The number of halogens is 3. The van der Waals surface area contributed by atoms with Crippen molar-refractivity contribution in [2.24, 2.45) is 0 Å². The number of nitrogens with one attached hydrogen (secondary N) is 1. The number of nitrogens with zero attached hydrogens (tertiary/aromatic N) is 1. The van der Waals surface area contributed by atoms with E-state index in [1.165, 1.54) is 0 Å². The Morgan fingerprint density at radius 2 is 2.00 bits per heavy atom. The zero-order valence-electron chi connectivity index (χ0n) is 11.4. The van der Waals surface area contributed by atoms with Gasteiger partial charge >= 0.3 is 6.18 Å². The fourth-order valence-electron chi connectivity index (χ4n) is 2.75. The second-order valence-corrected chi connectivity index (χ2v) is 5.51. The van der Waals surface area contributed by atoms with Gasteiger partial charge in [0, 0.05) is 24.7 Å². The first kappa shape index (κ1) is 15.1. The predicted molar refractivity (Wildman–Crippen MR) is 67.1 cm³/mol. The molecule has 19 heavy (non-hydrogen) atoms. The highest BCUT2D eigenvalue weighted by atomic mass is 19.4. The van der Waals surface area contributed by atoms with E-state index < -0.39 is 12.7 Å². The van der Waals surface area contributed by atoms with Crippen molar-refractivity contribution < 1.29 is 17.9 Å². The van der Waals surface area contributed by atoms with Gasteiger partial charge in [0.15, 0.2) is 0 Å². The molecular formula is C13H23F3N2O. The molecule has 2 rings (SSSR count). The lowest BCUT2D eigenvalue weighted by Gasteiger charge is -2.40. The minimum absolute atomic E-state index is 0.0965. The molecule has 1 aliphatic heterocycles. The lowest BCUT2D eigenvalue weighted by molar-refractivity contribution is -0.159. The van der Waals surface area contributed by atoms with Crippen molar-refractivity contribution in [1.82, 2.24) is 10.2 Å². The van der Waals surface area contributed by atoms with Crippen molar-refractivity contribution in [3.63, 3.8) is 0 Å². The summed E-state index contributed by atoms with van der Waals surface area (Å²) in [7, 11) is 0. The number of rotatable bonds is 6. The van der Waals surface area contributed by atoms with Crippen LogP contribution >= 0.6 is 0 Å². The van der Waals surface area contributed by atoms with Crippen LogP contribution in [-0.2, 0) is 4.74 Å². The van der Waals surface area contributed by atoms with Crippen LogP contribution in [0.1, 0.15) is 32.6 Å². The molecule has 6 heteroatoms. The van der Waals surface area contributed by atoms with Gasteiger partial charge in [-0.05, 0) is 32.2 Å². The normalized spacial score (nSPS) is 28.9. The minimum Gasteiger partial charge on any atom is -0.380 e. The van der Waals surface area contributed by atoms with Crippen LogP contribution in [0.4, 0.5) is 13.2 Å². The van der Waals surface area contributed by atoms with Crippen LogP contribution in [0.2, 0.25) is 0 Å². The van der Waals surface area contributed by atoms with Gasteiger partial charge in [-0.2, -0.15) is 13.2 Å². The standard InChI is InChI=1S/C13H23F3N2O/c1-2-6-17-11-5-7-19-8-12(11)18(10-3-4-10)9-13(14,15)16/h10-12,17H,2-9H2,1H3. The predicted octanol–water partition coefficient (Wildman–Crippen LogP) is 2.17. The molecule has 3 nitrogen and oxygen atoms in total. The van der Waals surface area contributed by atoms with Crippen LogP contribution in [-0.4, -0.2) is 55.5 Å². The van der Waals surface area contributed by atoms with E-state index in [1.54, 1.807) is 4.90 Å². The highest BCUT2D eigenvalue weighted by Gasteiger charge is 2.44. The topological polar surface area (TPSA) is 24.5 Å². The summed E-state index contributed by atoms with van der Waals surface area (Å²) < 4.78 is 43.6. The lowest BCUT2D eigenvalue weighted by atomic mass is 10.0. The first-order valence-electron chi connectivity index (χ1n) is 7.15. The summed E-state index contributed by atoms with van der Waals surface area (Å²) in [6, 6.07) is 0.0744. The summed E-state index contributed by atoms with van der Waals surface area (Å²) in [6.07, 6.45) is -0.575. The third-order valence-electron chi connectivity index (χ3n) is 3.79. The van der Waals surface area contributed by atoms with Crippen molar-refractivity contribution in [3.05, 3.63) is 0 Å². The van der Waals surface area contributed by atoms with Crippen LogP contribution in [0.15, 0.2) is 0 Å². The maximum Gasteiger partial charge on any atom is 0.401 e. The second kappa shape index (κ2) is 6.41. The van der Waals surface area contributed by atoms with Gasteiger partial charge in [-0.3, -0.25) is 4.90 Å². The number of hydrogen-bond acceptors (Lipinski definition) is 3. The van der Waals surface area contributed by atoms with Crippen LogP contribution in [0.5, 0.6) is 0 Å². The van der Waals surface area contributed by atoms with Crippen molar-refractivity contribution >= 4 is 0 Å². The van der Waals surface area contributed by atoms with Crippen molar-refractivity contribution in [2.75, 3.05) is 26.3 Å². The van der Waals surface area contributed by atoms with Crippen LogP contribution < -0.4 is 5.32 Å². The van der Waals surface area contributed by atoms with Crippen molar-refractivity contribution in [2.45, 2.75) is 56.9 Å². The Bertz CT molecular complexity index is 282. The molecule has 1 aliphatic carbocycles. The largest absolute Gasteiger partial charge is 0.401 e. The number of alkyl halides is 3. The van der Waals surface area contributed by atoms with Crippen LogP contribution in [0, 0.1) is 0 Å². The van der Waals surface area contributed by atoms with E-state index in [0.29, 0.717) is 13.2 Å². The van der Waals surface area contributed by atoms with E-state index in [-0.39, 0.29) is 18.1 Å². The Hall–Kier alpha value is -0.330. The van der Waals surface area contributed by atoms with E-state index >= 15 is 0 Å². The first-order chi connectivity index (χ1) is 9.01. The van der Waals surface area contributed by atoms with E-state index in [0.717, 1.165) is 32.2 Å². The fraction of sp³-hybridized carbons (Fsp3) is 1.00. The molecule has 2 unspecified atom stereocenters. The molecule has 1 saturated heterocycles.